The quantitative estimate of drug-likeness (QED) is 0.355. The Morgan fingerprint density at radius 2 is 1.64 bits per heavy atom. The summed E-state index contributed by atoms with van der Waals surface area (Å²) in [6, 6.07) is 22.7. The molecule has 0 N–H and O–H groups in total. The molecule has 3 heterocycles. The highest BCUT2D eigenvalue weighted by molar-refractivity contribution is 7.08. The largest absolute Gasteiger partial charge is 0.340 e. The fourth-order valence-corrected chi connectivity index (χ4v) is 6.40. The van der Waals surface area contributed by atoms with Crippen LogP contribution in [-0.2, 0) is 4.79 Å². The second kappa shape index (κ2) is 9.84. The first-order valence-electron chi connectivity index (χ1n) is 12.6. The van der Waals surface area contributed by atoms with Gasteiger partial charge in [-0.15, -0.1) is 11.3 Å². The Labute approximate surface area is 234 Å². The third-order valence-electron chi connectivity index (χ3n) is 6.85. The van der Waals surface area contributed by atoms with E-state index in [1.807, 2.05) is 36.4 Å². The zero-order valence-electron chi connectivity index (χ0n) is 21.7. The average molecular weight is 553 g/mol. The van der Waals surface area contributed by atoms with Gasteiger partial charge in [0, 0.05) is 17.3 Å². The van der Waals surface area contributed by atoms with Gasteiger partial charge in [0.1, 0.15) is 9.20 Å². The van der Waals surface area contributed by atoms with Crippen LogP contribution in [0.15, 0.2) is 88.8 Å². The number of halogens is 1. The van der Waals surface area contributed by atoms with Crippen molar-refractivity contribution in [3.8, 4) is 5.69 Å². The van der Waals surface area contributed by atoms with E-state index in [-0.39, 0.29) is 11.5 Å². The monoisotopic (exact) mass is 552 g/mol. The van der Waals surface area contributed by atoms with Crippen molar-refractivity contribution < 1.29 is 4.79 Å². The van der Waals surface area contributed by atoms with Crippen LogP contribution in [0.2, 0.25) is 5.02 Å². The minimum atomic E-state index is -0.287. The molecule has 6 rings (SSSR count). The zero-order valence-corrected chi connectivity index (χ0v) is 23.3. The first kappa shape index (κ1) is 25.1. The van der Waals surface area contributed by atoms with Crippen molar-refractivity contribution in [3.05, 3.63) is 115 Å². The minimum absolute atomic E-state index is 0.173. The highest BCUT2D eigenvalue weighted by atomic mass is 35.5. The molecule has 0 aliphatic carbocycles. The second-order valence-corrected chi connectivity index (χ2v) is 10.8. The average Bonchev–Trinajstić information content (AvgIpc) is 3.43. The molecule has 1 amide bonds. The number of nitrogens with zero attached hydrogens (tertiary/aromatic N) is 4. The van der Waals surface area contributed by atoms with Crippen LogP contribution in [0.25, 0.3) is 23.0 Å². The first-order chi connectivity index (χ1) is 18.9. The molecule has 0 bridgehead atoms. The van der Waals surface area contributed by atoms with Crippen LogP contribution in [0.1, 0.15) is 25.0 Å². The van der Waals surface area contributed by atoms with E-state index in [0.29, 0.717) is 43.4 Å². The van der Waals surface area contributed by atoms with Crippen molar-refractivity contribution in [3.63, 3.8) is 0 Å². The lowest BCUT2D eigenvalue weighted by molar-refractivity contribution is -0.112. The van der Waals surface area contributed by atoms with Gasteiger partial charge in [0.05, 0.1) is 28.4 Å². The van der Waals surface area contributed by atoms with Crippen molar-refractivity contribution in [2.75, 3.05) is 16.5 Å². The highest BCUT2D eigenvalue weighted by Crippen LogP contribution is 2.31. The Bertz CT molecular complexity index is 1870. The molecular weight excluding hydrogens is 528 g/mol. The van der Waals surface area contributed by atoms with Crippen LogP contribution in [0.4, 0.5) is 11.4 Å². The van der Waals surface area contributed by atoms with Gasteiger partial charge in [-0.05, 0) is 80.9 Å². The third-order valence-corrected chi connectivity index (χ3v) is 8.27. The third kappa shape index (κ3) is 4.24. The van der Waals surface area contributed by atoms with E-state index in [0.717, 1.165) is 16.9 Å². The molecule has 194 valence electrons. The van der Waals surface area contributed by atoms with Crippen LogP contribution in [0.5, 0.6) is 0 Å². The number of aryl methyl sites for hydroxylation is 1. The number of para-hydroxylation sites is 1. The Hall–Kier alpha value is -4.20. The molecule has 2 aliphatic rings. The summed E-state index contributed by atoms with van der Waals surface area (Å²) in [5.74, 6) is -0.287. The summed E-state index contributed by atoms with van der Waals surface area (Å²) >= 11 is 7.38. The molecule has 2 aliphatic heterocycles. The Morgan fingerprint density at radius 1 is 0.897 bits per heavy atom. The Kier molecular flexibility index (Phi) is 6.33. The number of likely N-dealkylation sites (N-methyl/N-ethyl adjacent to an activating group) is 1. The molecule has 8 heteroatoms. The summed E-state index contributed by atoms with van der Waals surface area (Å²) in [5.41, 5.74) is 6.24. The van der Waals surface area contributed by atoms with Gasteiger partial charge in [-0.25, -0.2) is 0 Å². The predicted octanol–water partition coefficient (Wildman–Crippen LogP) is 5.10. The van der Waals surface area contributed by atoms with E-state index >= 15 is 0 Å². The van der Waals surface area contributed by atoms with E-state index < -0.39 is 0 Å². The van der Waals surface area contributed by atoms with E-state index in [1.54, 1.807) is 35.8 Å². The van der Waals surface area contributed by atoms with Crippen molar-refractivity contribution in [2.45, 2.75) is 20.8 Å². The summed E-state index contributed by atoms with van der Waals surface area (Å²) < 4.78 is 2.75. The fourth-order valence-electron chi connectivity index (χ4n) is 5.01. The summed E-state index contributed by atoms with van der Waals surface area (Å²) in [5, 5.41) is 6.50. The number of amides is 1. The number of benzene rings is 3. The van der Waals surface area contributed by atoms with Gasteiger partial charge in [0.25, 0.3) is 11.5 Å². The van der Waals surface area contributed by atoms with Crippen LogP contribution in [0, 0.1) is 6.92 Å². The van der Waals surface area contributed by atoms with E-state index in [4.69, 9.17) is 11.6 Å². The molecule has 0 saturated heterocycles. The van der Waals surface area contributed by atoms with Gasteiger partial charge in [-0.2, -0.15) is 10.1 Å². The molecule has 6 nitrogen and oxygen atoms in total. The normalized spacial score (nSPS) is 17.5. The number of carbonyl (C=O) groups excluding carboxylic acids is 1. The van der Waals surface area contributed by atoms with Gasteiger partial charge in [0.15, 0.2) is 0 Å². The highest BCUT2D eigenvalue weighted by Gasteiger charge is 2.32. The van der Waals surface area contributed by atoms with Crippen LogP contribution < -0.4 is 24.7 Å². The van der Waals surface area contributed by atoms with Crippen molar-refractivity contribution in [1.82, 2.24) is 4.57 Å². The number of hydrogen-bond acceptors (Lipinski definition) is 5. The summed E-state index contributed by atoms with van der Waals surface area (Å²) in [6.45, 7) is 6.63. The number of hydrazone groups is 1. The first-order valence-corrected chi connectivity index (χ1v) is 13.8. The molecule has 39 heavy (non-hydrogen) atoms. The van der Waals surface area contributed by atoms with E-state index in [2.05, 4.69) is 48.1 Å². The molecule has 1 aromatic heterocycles. The predicted molar refractivity (Wildman–Crippen MR) is 161 cm³/mol. The number of carbonyl (C=O) groups is 1. The number of hydrogen-bond donors (Lipinski definition) is 0. The minimum Gasteiger partial charge on any atom is -0.340 e. The lowest BCUT2D eigenvalue weighted by atomic mass is 10.0. The topological polar surface area (TPSA) is 57.9 Å². The molecule has 0 fully saturated rings. The molecule has 0 radical (unpaired) electrons. The number of aromatic nitrogens is 1. The lowest BCUT2D eigenvalue weighted by Gasteiger charge is -2.29. The van der Waals surface area contributed by atoms with E-state index in [1.165, 1.54) is 21.9 Å². The maximum atomic E-state index is 14.2. The molecule has 0 atom stereocenters. The van der Waals surface area contributed by atoms with Gasteiger partial charge < -0.3 is 4.90 Å². The number of rotatable bonds is 3. The molecular formula is C31H25ClN4O2S. The maximum Gasteiger partial charge on any atom is 0.283 e. The maximum absolute atomic E-state index is 14.2. The Morgan fingerprint density at radius 3 is 2.36 bits per heavy atom. The lowest BCUT2D eigenvalue weighted by Crippen LogP contribution is -2.36. The second-order valence-electron chi connectivity index (χ2n) is 9.39. The number of thiazole rings is 1. The van der Waals surface area contributed by atoms with Crippen molar-refractivity contribution in [2.24, 2.45) is 5.10 Å². The van der Waals surface area contributed by atoms with Crippen LogP contribution >= 0.6 is 22.9 Å². The number of anilines is 2. The zero-order chi connectivity index (χ0) is 27.3. The molecule has 4 aromatic rings. The fraction of sp³-hybridized carbons (Fsp3) is 0.129. The van der Waals surface area contributed by atoms with Gasteiger partial charge in [-0.3, -0.25) is 14.2 Å². The number of fused-ring (bicyclic) bond motifs is 1. The molecule has 0 unspecified atom stereocenters. The summed E-state index contributed by atoms with van der Waals surface area (Å²) in [7, 11) is 0. The SMILES string of the molecule is CCN1C(=c2s/c(=C3/C(=O)N(c4ccc(Cl)cc4)N=C3C)n(-c3ccccc3)c2=O)C=Cc2cc(C)ccc21. The standard InChI is InChI=1S/C31H25ClN4O2S/c1-4-34-25-16-10-19(2)18-21(25)11-17-26(34)28-30(38)35(23-8-6-5-7-9-23)31(39-28)27-20(3)33-36(29(27)37)24-14-12-22(32)13-15-24/h5-18H,4H2,1-3H3/b28-26?,31-27+. The van der Waals surface area contributed by atoms with E-state index in [9.17, 15) is 9.59 Å². The van der Waals surface area contributed by atoms with Crippen LogP contribution in [0.3, 0.4) is 0 Å². The summed E-state index contributed by atoms with van der Waals surface area (Å²) in [6.07, 6.45) is 4.05. The smallest absolute Gasteiger partial charge is 0.283 e. The van der Waals surface area contributed by atoms with Gasteiger partial charge in [0.2, 0.25) is 0 Å². The molecule has 0 saturated carbocycles. The molecule has 0 spiro atoms. The van der Waals surface area contributed by atoms with Crippen molar-refractivity contribution >= 4 is 63.3 Å². The summed E-state index contributed by atoms with van der Waals surface area (Å²) in [4.78, 5) is 30.1. The van der Waals surface area contributed by atoms with Gasteiger partial charge in [-0.1, -0.05) is 47.5 Å². The Balaban J connectivity index is 1.64. The van der Waals surface area contributed by atoms with Crippen molar-refractivity contribution in [1.29, 1.82) is 0 Å². The van der Waals surface area contributed by atoms with Crippen LogP contribution in [-0.4, -0.2) is 22.7 Å². The van der Waals surface area contributed by atoms with Gasteiger partial charge >= 0.3 is 0 Å². The molecule has 3 aromatic carbocycles.